The molecule has 1 saturated heterocycles. The van der Waals surface area contributed by atoms with Crippen molar-refractivity contribution in [3.05, 3.63) is 35.1 Å². The first kappa shape index (κ1) is 10.9. The van der Waals surface area contributed by atoms with Gasteiger partial charge in [-0.2, -0.15) is 0 Å². The minimum Gasteiger partial charge on any atom is -0.298 e. The maximum absolute atomic E-state index is 12.9. The zero-order chi connectivity index (χ0) is 10.8. The molecule has 1 fully saturated rings. The molecule has 0 aliphatic carbocycles. The Morgan fingerprint density at radius 1 is 1.53 bits per heavy atom. The van der Waals surface area contributed by atoms with Crippen molar-refractivity contribution < 1.29 is 4.39 Å². The van der Waals surface area contributed by atoms with E-state index in [1.165, 1.54) is 11.6 Å². The van der Waals surface area contributed by atoms with Crippen LogP contribution in [0.4, 0.5) is 4.39 Å². The monoisotopic (exact) mass is 227 g/mol. The molecule has 2 rings (SSSR count). The van der Waals surface area contributed by atoms with Crippen molar-refractivity contribution in [2.45, 2.75) is 25.3 Å². The van der Waals surface area contributed by atoms with Crippen molar-refractivity contribution in [1.29, 1.82) is 0 Å². The second-order valence-electron chi connectivity index (χ2n) is 4.19. The molecular weight excluding hydrogens is 213 g/mol. The van der Waals surface area contributed by atoms with Crippen LogP contribution >= 0.6 is 11.6 Å². The molecule has 1 aromatic carbocycles. The van der Waals surface area contributed by atoms with Gasteiger partial charge >= 0.3 is 0 Å². The molecule has 0 aromatic heterocycles. The molecule has 1 atom stereocenters. The summed E-state index contributed by atoms with van der Waals surface area (Å²) < 4.78 is 12.9. The molecule has 0 N–H and O–H groups in total. The second kappa shape index (κ2) is 4.50. The molecule has 1 aromatic rings. The van der Waals surface area contributed by atoms with Crippen molar-refractivity contribution in [1.82, 2.24) is 4.90 Å². The Kier molecular flexibility index (Phi) is 3.27. The van der Waals surface area contributed by atoms with Gasteiger partial charge in [-0.15, -0.1) is 11.6 Å². The number of alkyl halides is 1. The average molecular weight is 228 g/mol. The van der Waals surface area contributed by atoms with Crippen molar-refractivity contribution in [3.8, 4) is 0 Å². The quantitative estimate of drug-likeness (QED) is 0.703. The topological polar surface area (TPSA) is 3.24 Å². The molecule has 0 spiro atoms. The number of nitrogens with zero attached hydrogens (tertiary/aromatic N) is 1. The van der Waals surface area contributed by atoms with E-state index >= 15 is 0 Å². The van der Waals surface area contributed by atoms with Gasteiger partial charge in [0, 0.05) is 18.5 Å². The molecule has 1 aliphatic heterocycles. The van der Waals surface area contributed by atoms with E-state index in [4.69, 9.17) is 11.6 Å². The third kappa shape index (κ3) is 2.70. The molecule has 0 saturated carbocycles. The van der Waals surface area contributed by atoms with E-state index in [9.17, 15) is 4.39 Å². The molecule has 3 heteroatoms. The Morgan fingerprint density at radius 2 is 2.33 bits per heavy atom. The van der Waals surface area contributed by atoms with Gasteiger partial charge in [0.15, 0.2) is 0 Å². The maximum Gasteiger partial charge on any atom is 0.123 e. The normalized spacial score (nSPS) is 22.2. The summed E-state index contributed by atoms with van der Waals surface area (Å²) in [4.78, 5) is 2.32. The Bertz CT molecular complexity index is 353. The van der Waals surface area contributed by atoms with E-state index in [1.807, 2.05) is 13.0 Å². The summed E-state index contributed by atoms with van der Waals surface area (Å²) in [5.74, 6) is -0.159. The molecule has 82 valence electrons. The van der Waals surface area contributed by atoms with Gasteiger partial charge in [-0.1, -0.05) is 6.07 Å². The summed E-state index contributed by atoms with van der Waals surface area (Å²) in [6.45, 7) is 4.82. The van der Waals surface area contributed by atoms with Crippen LogP contribution in [0.15, 0.2) is 18.2 Å². The van der Waals surface area contributed by atoms with Crippen LogP contribution in [0, 0.1) is 12.7 Å². The summed E-state index contributed by atoms with van der Waals surface area (Å²) in [7, 11) is 0. The smallest absolute Gasteiger partial charge is 0.123 e. The number of likely N-dealkylation sites (tertiary alicyclic amines) is 1. The second-order valence-corrected chi connectivity index (χ2v) is 4.81. The zero-order valence-corrected chi connectivity index (χ0v) is 9.60. The number of hydrogen-bond acceptors (Lipinski definition) is 1. The van der Waals surface area contributed by atoms with E-state index in [1.54, 1.807) is 6.07 Å². The predicted molar refractivity (Wildman–Crippen MR) is 60.7 cm³/mol. The van der Waals surface area contributed by atoms with Gasteiger partial charge in [-0.25, -0.2) is 4.39 Å². The Labute approximate surface area is 94.8 Å². The highest BCUT2D eigenvalue weighted by Crippen LogP contribution is 2.19. The third-order valence-electron chi connectivity index (χ3n) is 2.91. The standard InChI is InChI=1S/C12H15ClFN/c1-9-6-12(14)3-2-10(9)7-15-5-4-11(13)8-15/h2-3,6,11H,4-5,7-8H2,1H3. The van der Waals surface area contributed by atoms with Gasteiger partial charge < -0.3 is 0 Å². The lowest BCUT2D eigenvalue weighted by Gasteiger charge is -2.16. The summed E-state index contributed by atoms with van der Waals surface area (Å²) in [6, 6.07) is 4.98. The van der Waals surface area contributed by atoms with Crippen LogP contribution in [0.1, 0.15) is 17.5 Å². The van der Waals surface area contributed by atoms with Gasteiger partial charge in [-0.3, -0.25) is 4.90 Å². The fraction of sp³-hybridized carbons (Fsp3) is 0.500. The van der Waals surface area contributed by atoms with E-state index in [2.05, 4.69) is 4.90 Å². The molecule has 1 nitrogen and oxygen atoms in total. The largest absolute Gasteiger partial charge is 0.298 e. The van der Waals surface area contributed by atoms with Gasteiger partial charge in [-0.05, 0) is 43.1 Å². The molecule has 1 unspecified atom stereocenters. The van der Waals surface area contributed by atoms with Crippen LogP contribution in [0.2, 0.25) is 0 Å². The van der Waals surface area contributed by atoms with Crippen molar-refractivity contribution >= 4 is 11.6 Å². The number of halogens is 2. The Morgan fingerprint density at radius 3 is 2.93 bits per heavy atom. The minimum absolute atomic E-state index is 0.159. The van der Waals surface area contributed by atoms with Gasteiger partial charge in [0.2, 0.25) is 0 Å². The molecule has 0 radical (unpaired) electrons. The van der Waals surface area contributed by atoms with E-state index in [0.717, 1.165) is 31.6 Å². The number of benzene rings is 1. The van der Waals surface area contributed by atoms with Crippen LogP contribution in [0.5, 0.6) is 0 Å². The van der Waals surface area contributed by atoms with Crippen molar-refractivity contribution in [2.24, 2.45) is 0 Å². The molecular formula is C12H15ClFN. The first-order valence-electron chi connectivity index (χ1n) is 5.26. The minimum atomic E-state index is -0.159. The highest BCUT2D eigenvalue weighted by Gasteiger charge is 2.20. The Hall–Kier alpha value is -0.600. The van der Waals surface area contributed by atoms with Crippen LogP contribution < -0.4 is 0 Å². The number of hydrogen-bond donors (Lipinski definition) is 0. The van der Waals surface area contributed by atoms with E-state index in [0.29, 0.717) is 0 Å². The van der Waals surface area contributed by atoms with Crippen molar-refractivity contribution in [3.63, 3.8) is 0 Å². The molecule has 1 heterocycles. The molecule has 15 heavy (non-hydrogen) atoms. The maximum atomic E-state index is 12.9. The van der Waals surface area contributed by atoms with E-state index < -0.39 is 0 Å². The van der Waals surface area contributed by atoms with Crippen LogP contribution in [-0.2, 0) is 6.54 Å². The first-order chi connectivity index (χ1) is 7.15. The lowest BCUT2D eigenvalue weighted by Crippen LogP contribution is -2.20. The van der Waals surface area contributed by atoms with Crippen LogP contribution in [0.25, 0.3) is 0 Å². The average Bonchev–Trinajstić information content (AvgIpc) is 2.56. The third-order valence-corrected chi connectivity index (χ3v) is 3.27. The fourth-order valence-electron chi connectivity index (χ4n) is 2.01. The lowest BCUT2D eigenvalue weighted by atomic mass is 10.1. The molecule has 0 amide bonds. The predicted octanol–water partition coefficient (Wildman–Crippen LogP) is 2.95. The van der Waals surface area contributed by atoms with Crippen LogP contribution in [-0.4, -0.2) is 23.4 Å². The summed E-state index contributed by atoms with van der Waals surface area (Å²) >= 11 is 6.04. The number of rotatable bonds is 2. The highest BCUT2D eigenvalue weighted by molar-refractivity contribution is 6.20. The lowest BCUT2D eigenvalue weighted by molar-refractivity contribution is 0.331. The summed E-state index contributed by atoms with van der Waals surface area (Å²) in [6.07, 6.45) is 1.06. The SMILES string of the molecule is Cc1cc(F)ccc1CN1CCC(Cl)C1. The highest BCUT2D eigenvalue weighted by atomic mass is 35.5. The zero-order valence-electron chi connectivity index (χ0n) is 8.84. The van der Waals surface area contributed by atoms with Gasteiger partial charge in [0.25, 0.3) is 0 Å². The summed E-state index contributed by atoms with van der Waals surface area (Å²) in [5.41, 5.74) is 2.22. The summed E-state index contributed by atoms with van der Waals surface area (Å²) in [5, 5.41) is 0.283. The number of aryl methyl sites for hydroxylation is 1. The fourth-order valence-corrected chi connectivity index (χ4v) is 2.30. The molecule has 1 aliphatic rings. The van der Waals surface area contributed by atoms with Crippen LogP contribution in [0.3, 0.4) is 0 Å². The van der Waals surface area contributed by atoms with Crippen molar-refractivity contribution in [2.75, 3.05) is 13.1 Å². The molecule has 0 bridgehead atoms. The Balaban J connectivity index is 2.04. The van der Waals surface area contributed by atoms with Gasteiger partial charge in [0.1, 0.15) is 5.82 Å². The van der Waals surface area contributed by atoms with E-state index in [-0.39, 0.29) is 11.2 Å². The van der Waals surface area contributed by atoms with Gasteiger partial charge in [0.05, 0.1) is 0 Å². The first-order valence-corrected chi connectivity index (χ1v) is 5.70.